The Morgan fingerprint density at radius 2 is 1.80 bits per heavy atom. The van der Waals surface area contributed by atoms with E-state index < -0.39 is 0 Å². The molecule has 3 heteroatoms. The van der Waals surface area contributed by atoms with Gasteiger partial charge >= 0.3 is 0 Å². The largest absolute Gasteiger partial charge is 0.369 e. The third-order valence-electron chi connectivity index (χ3n) is 4.34. The molecule has 1 aliphatic heterocycles. The van der Waals surface area contributed by atoms with Crippen LogP contribution in [0.5, 0.6) is 0 Å². The van der Waals surface area contributed by atoms with Gasteiger partial charge in [0.2, 0.25) is 0 Å². The van der Waals surface area contributed by atoms with Gasteiger partial charge in [-0.15, -0.1) is 0 Å². The minimum Gasteiger partial charge on any atom is -0.369 e. The van der Waals surface area contributed by atoms with E-state index in [2.05, 4.69) is 61.8 Å². The normalized spacial score (nSPS) is 19.1. The molecule has 1 atom stereocenters. The third-order valence-corrected chi connectivity index (χ3v) is 4.34. The van der Waals surface area contributed by atoms with Crippen LogP contribution in [0.1, 0.15) is 26.3 Å². The summed E-state index contributed by atoms with van der Waals surface area (Å²) in [5, 5.41) is 0. The van der Waals surface area contributed by atoms with E-state index in [0.717, 1.165) is 32.7 Å². The quantitative estimate of drug-likeness (QED) is 0.920. The fourth-order valence-electron chi connectivity index (χ4n) is 3.17. The Balaban J connectivity index is 1.98. The van der Waals surface area contributed by atoms with Gasteiger partial charge in [0, 0.05) is 44.5 Å². The summed E-state index contributed by atoms with van der Waals surface area (Å²) in [6.07, 6.45) is 0. The molecule has 2 N–H and O–H groups in total. The lowest BCUT2D eigenvalue weighted by Gasteiger charge is -2.44. The van der Waals surface area contributed by atoms with Crippen molar-refractivity contribution in [3.8, 4) is 0 Å². The van der Waals surface area contributed by atoms with Crippen molar-refractivity contribution in [2.45, 2.75) is 33.7 Å². The zero-order chi connectivity index (χ0) is 14.8. The molecule has 1 saturated heterocycles. The Morgan fingerprint density at radius 3 is 2.30 bits per heavy atom. The van der Waals surface area contributed by atoms with Crippen LogP contribution in [0, 0.1) is 12.3 Å². The summed E-state index contributed by atoms with van der Waals surface area (Å²) < 4.78 is 0. The predicted octanol–water partition coefficient (Wildman–Crippen LogP) is 2.49. The van der Waals surface area contributed by atoms with Crippen LogP contribution in [0.4, 0.5) is 5.69 Å². The second kappa shape index (κ2) is 6.15. The molecule has 0 aliphatic carbocycles. The Labute approximate surface area is 123 Å². The van der Waals surface area contributed by atoms with Gasteiger partial charge in [-0.3, -0.25) is 4.90 Å². The van der Waals surface area contributed by atoms with Crippen molar-refractivity contribution in [2.24, 2.45) is 11.1 Å². The second-order valence-electron chi connectivity index (χ2n) is 6.98. The highest BCUT2D eigenvalue weighted by molar-refractivity contribution is 5.48. The van der Waals surface area contributed by atoms with Gasteiger partial charge in [-0.25, -0.2) is 0 Å². The van der Waals surface area contributed by atoms with E-state index in [0.29, 0.717) is 6.04 Å². The van der Waals surface area contributed by atoms with Crippen LogP contribution in [-0.4, -0.2) is 43.7 Å². The number of hydrogen-bond donors (Lipinski definition) is 1. The zero-order valence-corrected chi connectivity index (χ0v) is 13.4. The average Bonchev–Trinajstić information content (AvgIpc) is 2.38. The Morgan fingerprint density at radius 1 is 1.15 bits per heavy atom. The summed E-state index contributed by atoms with van der Waals surface area (Å²) in [5.74, 6) is 0. The fourth-order valence-corrected chi connectivity index (χ4v) is 3.17. The summed E-state index contributed by atoms with van der Waals surface area (Å²) in [6.45, 7) is 14.2. The van der Waals surface area contributed by atoms with Gasteiger partial charge in [0.25, 0.3) is 0 Å². The first-order valence-electron chi connectivity index (χ1n) is 7.67. The molecule has 1 aliphatic rings. The number of nitrogens with two attached hydrogens (primary N) is 1. The number of benzene rings is 1. The molecule has 1 unspecified atom stereocenters. The summed E-state index contributed by atoms with van der Waals surface area (Å²) in [6, 6.07) is 9.27. The van der Waals surface area contributed by atoms with Crippen LogP contribution in [0.25, 0.3) is 0 Å². The Bertz CT molecular complexity index is 428. The van der Waals surface area contributed by atoms with Crippen LogP contribution >= 0.6 is 0 Å². The smallest absolute Gasteiger partial charge is 0.0369 e. The van der Waals surface area contributed by atoms with E-state index in [-0.39, 0.29) is 5.41 Å². The number of rotatable bonds is 3. The lowest BCUT2D eigenvalue weighted by Crippen LogP contribution is -2.56. The lowest BCUT2D eigenvalue weighted by atomic mass is 9.85. The first kappa shape index (κ1) is 15.3. The molecular formula is C17H29N3. The zero-order valence-electron chi connectivity index (χ0n) is 13.4. The maximum absolute atomic E-state index is 6.00. The number of aryl methyl sites for hydroxylation is 1. The summed E-state index contributed by atoms with van der Waals surface area (Å²) >= 11 is 0. The molecule has 2 rings (SSSR count). The number of piperazine rings is 1. The van der Waals surface area contributed by atoms with Crippen molar-refractivity contribution in [1.29, 1.82) is 0 Å². The molecule has 1 aromatic carbocycles. The van der Waals surface area contributed by atoms with Crippen LogP contribution in [-0.2, 0) is 0 Å². The molecular weight excluding hydrogens is 246 g/mol. The maximum Gasteiger partial charge on any atom is 0.0369 e. The van der Waals surface area contributed by atoms with Crippen molar-refractivity contribution in [3.05, 3.63) is 29.8 Å². The van der Waals surface area contributed by atoms with Crippen molar-refractivity contribution in [2.75, 3.05) is 37.6 Å². The average molecular weight is 275 g/mol. The van der Waals surface area contributed by atoms with E-state index in [4.69, 9.17) is 5.73 Å². The highest BCUT2D eigenvalue weighted by Crippen LogP contribution is 2.26. The molecule has 0 radical (unpaired) electrons. The van der Waals surface area contributed by atoms with Crippen molar-refractivity contribution >= 4 is 5.69 Å². The molecule has 0 amide bonds. The van der Waals surface area contributed by atoms with Gasteiger partial charge in [0.15, 0.2) is 0 Å². The highest BCUT2D eigenvalue weighted by atomic mass is 15.3. The fraction of sp³-hybridized carbons (Fsp3) is 0.647. The van der Waals surface area contributed by atoms with Crippen molar-refractivity contribution in [3.63, 3.8) is 0 Å². The van der Waals surface area contributed by atoms with Gasteiger partial charge in [0.1, 0.15) is 0 Å². The van der Waals surface area contributed by atoms with E-state index in [9.17, 15) is 0 Å². The molecule has 0 spiro atoms. The highest BCUT2D eigenvalue weighted by Gasteiger charge is 2.31. The lowest BCUT2D eigenvalue weighted by molar-refractivity contribution is 0.0987. The van der Waals surface area contributed by atoms with Gasteiger partial charge in [0.05, 0.1) is 0 Å². The van der Waals surface area contributed by atoms with Gasteiger partial charge < -0.3 is 10.6 Å². The SMILES string of the molecule is Cc1cccc(N2CCN(C(CN)C(C)(C)C)CC2)c1. The summed E-state index contributed by atoms with van der Waals surface area (Å²) in [5.41, 5.74) is 8.93. The molecule has 0 bridgehead atoms. The molecule has 1 heterocycles. The minimum atomic E-state index is 0.250. The monoisotopic (exact) mass is 275 g/mol. The van der Waals surface area contributed by atoms with Crippen molar-refractivity contribution in [1.82, 2.24) is 4.90 Å². The first-order valence-corrected chi connectivity index (χ1v) is 7.67. The van der Waals surface area contributed by atoms with Crippen LogP contribution in [0.3, 0.4) is 0 Å². The van der Waals surface area contributed by atoms with E-state index >= 15 is 0 Å². The maximum atomic E-state index is 6.00. The molecule has 112 valence electrons. The Hall–Kier alpha value is -1.06. The minimum absolute atomic E-state index is 0.250. The molecule has 1 fully saturated rings. The number of anilines is 1. The van der Waals surface area contributed by atoms with Crippen LogP contribution in [0.15, 0.2) is 24.3 Å². The standard InChI is InChI=1S/C17H29N3/c1-14-6-5-7-15(12-14)19-8-10-20(11-9-19)16(13-18)17(2,3)4/h5-7,12,16H,8-11,13,18H2,1-4H3. The molecule has 0 aromatic heterocycles. The summed E-state index contributed by atoms with van der Waals surface area (Å²) in [7, 11) is 0. The van der Waals surface area contributed by atoms with Crippen molar-refractivity contribution < 1.29 is 0 Å². The third kappa shape index (κ3) is 3.53. The van der Waals surface area contributed by atoms with E-state index in [1.807, 2.05) is 0 Å². The van der Waals surface area contributed by atoms with Crippen LogP contribution in [0.2, 0.25) is 0 Å². The van der Waals surface area contributed by atoms with Crippen LogP contribution < -0.4 is 10.6 Å². The van der Waals surface area contributed by atoms with Gasteiger partial charge in [-0.2, -0.15) is 0 Å². The molecule has 1 aromatic rings. The number of nitrogens with zero attached hydrogens (tertiary/aromatic N) is 2. The number of hydrogen-bond acceptors (Lipinski definition) is 3. The Kier molecular flexibility index (Phi) is 4.71. The molecule has 0 saturated carbocycles. The van der Waals surface area contributed by atoms with Gasteiger partial charge in [-0.05, 0) is 30.0 Å². The molecule has 3 nitrogen and oxygen atoms in total. The van der Waals surface area contributed by atoms with Gasteiger partial charge in [-0.1, -0.05) is 32.9 Å². The van der Waals surface area contributed by atoms with E-state index in [1.165, 1.54) is 11.3 Å². The topological polar surface area (TPSA) is 32.5 Å². The molecule has 20 heavy (non-hydrogen) atoms. The summed E-state index contributed by atoms with van der Waals surface area (Å²) in [4.78, 5) is 5.05. The predicted molar refractivity (Wildman–Crippen MR) is 87.3 cm³/mol. The van der Waals surface area contributed by atoms with E-state index in [1.54, 1.807) is 0 Å². The second-order valence-corrected chi connectivity index (χ2v) is 6.98. The first-order chi connectivity index (χ1) is 9.41.